The average Bonchev–Trinajstić information content (AvgIpc) is 2.28. The summed E-state index contributed by atoms with van der Waals surface area (Å²) in [5, 5.41) is 0. The molecule has 0 aromatic carbocycles. The number of rotatable bonds is 4. The Morgan fingerprint density at radius 1 is 1.19 bits per heavy atom. The first-order valence-corrected chi connectivity index (χ1v) is 5.95. The summed E-state index contributed by atoms with van der Waals surface area (Å²) in [5.41, 5.74) is 0.700. The second kappa shape index (κ2) is 5.97. The predicted octanol–water partition coefficient (Wildman–Crippen LogP) is 5.10. The topological polar surface area (TPSA) is 0 Å². The summed E-state index contributed by atoms with van der Waals surface area (Å²) in [6, 6.07) is 0. The summed E-state index contributed by atoms with van der Waals surface area (Å²) in [4.78, 5) is 0. The van der Waals surface area contributed by atoms with Crippen molar-refractivity contribution >= 4 is 0 Å². The maximum atomic E-state index is 13.0. The van der Waals surface area contributed by atoms with Crippen LogP contribution in [0.1, 0.15) is 39.0 Å². The van der Waals surface area contributed by atoms with Crippen LogP contribution in [0.15, 0.2) is 36.5 Å². The molecule has 0 unspecified atom stereocenters. The Bertz CT molecular complexity index is 294. The van der Waals surface area contributed by atoms with Gasteiger partial charge in [-0.2, -0.15) is 0 Å². The first-order valence-electron chi connectivity index (χ1n) is 5.95. The van der Waals surface area contributed by atoms with E-state index in [1.54, 1.807) is 0 Å². The van der Waals surface area contributed by atoms with Crippen LogP contribution >= 0.6 is 0 Å². The summed E-state index contributed by atoms with van der Waals surface area (Å²) in [7, 11) is 0. The third-order valence-electron chi connectivity index (χ3n) is 3.52. The zero-order chi connectivity index (χ0) is 12.1. The normalized spacial score (nSPS) is 26.6. The molecule has 0 aromatic heterocycles. The highest BCUT2D eigenvalue weighted by molar-refractivity contribution is 5.27. The summed E-state index contributed by atoms with van der Waals surface area (Å²) >= 11 is 0. The smallest absolute Gasteiger partial charge is 0.158 e. The van der Waals surface area contributed by atoms with Crippen molar-refractivity contribution < 1.29 is 8.78 Å². The highest BCUT2D eigenvalue weighted by atomic mass is 19.2. The lowest BCUT2D eigenvalue weighted by atomic mass is 9.78. The Hall–Kier alpha value is -0.920. The number of hydrogen-bond acceptors (Lipinski definition) is 0. The number of halogens is 2. The lowest BCUT2D eigenvalue weighted by molar-refractivity contribution is 0.298. The quantitative estimate of drug-likeness (QED) is 0.585. The van der Waals surface area contributed by atoms with Crippen LogP contribution in [-0.2, 0) is 0 Å². The van der Waals surface area contributed by atoms with E-state index in [4.69, 9.17) is 0 Å². The molecule has 0 heterocycles. The molecule has 0 bridgehead atoms. The molecular weight excluding hydrogens is 206 g/mol. The van der Waals surface area contributed by atoms with Gasteiger partial charge in [0.05, 0.1) is 0 Å². The molecule has 1 rings (SSSR count). The van der Waals surface area contributed by atoms with Crippen molar-refractivity contribution in [2.45, 2.75) is 39.0 Å². The lowest BCUT2D eigenvalue weighted by Gasteiger charge is -2.28. The average molecular weight is 226 g/mol. The van der Waals surface area contributed by atoms with E-state index in [0.717, 1.165) is 18.8 Å². The second-order valence-electron chi connectivity index (χ2n) is 4.60. The third kappa shape index (κ3) is 3.58. The van der Waals surface area contributed by atoms with Gasteiger partial charge in [-0.05, 0) is 49.2 Å². The van der Waals surface area contributed by atoms with Gasteiger partial charge in [0.2, 0.25) is 0 Å². The number of allylic oxidation sites excluding steroid dienone is 4. The van der Waals surface area contributed by atoms with Crippen LogP contribution in [0.2, 0.25) is 0 Å². The number of hydrogen-bond donors (Lipinski definition) is 0. The summed E-state index contributed by atoms with van der Waals surface area (Å²) in [5.74, 6) is -0.784. The molecular formula is C14H20F2. The maximum Gasteiger partial charge on any atom is 0.158 e. The van der Waals surface area contributed by atoms with E-state index in [0.29, 0.717) is 11.5 Å². The van der Waals surface area contributed by atoms with Crippen LogP contribution in [0.5, 0.6) is 0 Å². The zero-order valence-electron chi connectivity index (χ0n) is 9.94. The SMILES string of the molecule is C=C(F)/C(F)=C\C(=C)C1CCC(CC)CC1. The molecule has 0 nitrogen and oxygen atoms in total. The monoisotopic (exact) mass is 226 g/mol. The standard InChI is InChI=1S/C14H20F2/c1-4-12-5-7-13(8-6-12)10(2)9-14(16)11(3)15/h9,12-13H,2-8H2,1H3/b14-9+. The molecule has 0 atom stereocenters. The van der Waals surface area contributed by atoms with Gasteiger partial charge in [0, 0.05) is 0 Å². The Morgan fingerprint density at radius 3 is 2.19 bits per heavy atom. The molecule has 0 aromatic rings. The molecule has 0 saturated heterocycles. The van der Waals surface area contributed by atoms with Crippen molar-refractivity contribution in [3.63, 3.8) is 0 Å². The fraction of sp³-hybridized carbons (Fsp3) is 0.571. The Balaban J connectivity index is 2.51. The van der Waals surface area contributed by atoms with Gasteiger partial charge < -0.3 is 0 Å². The molecule has 0 spiro atoms. The van der Waals surface area contributed by atoms with E-state index in [1.165, 1.54) is 25.3 Å². The van der Waals surface area contributed by atoms with Crippen molar-refractivity contribution in [3.8, 4) is 0 Å². The van der Waals surface area contributed by atoms with Crippen molar-refractivity contribution in [1.29, 1.82) is 0 Å². The fourth-order valence-corrected chi connectivity index (χ4v) is 2.30. The molecule has 16 heavy (non-hydrogen) atoms. The van der Waals surface area contributed by atoms with E-state index in [2.05, 4.69) is 20.1 Å². The summed E-state index contributed by atoms with van der Waals surface area (Å²) in [6.07, 6.45) is 6.84. The van der Waals surface area contributed by atoms with Crippen molar-refractivity contribution in [2.24, 2.45) is 11.8 Å². The molecule has 2 heteroatoms. The first-order chi connectivity index (χ1) is 7.54. The van der Waals surface area contributed by atoms with Crippen LogP contribution in [0.4, 0.5) is 8.78 Å². The van der Waals surface area contributed by atoms with Crippen molar-refractivity contribution in [3.05, 3.63) is 36.5 Å². The van der Waals surface area contributed by atoms with Crippen LogP contribution in [0.25, 0.3) is 0 Å². The van der Waals surface area contributed by atoms with Gasteiger partial charge in [-0.15, -0.1) is 0 Å². The van der Waals surface area contributed by atoms with Gasteiger partial charge in [0.15, 0.2) is 11.7 Å². The second-order valence-corrected chi connectivity index (χ2v) is 4.60. The van der Waals surface area contributed by atoms with Gasteiger partial charge >= 0.3 is 0 Å². The van der Waals surface area contributed by atoms with Gasteiger partial charge in [0.1, 0.15) is 0 Å². The van der Waals surface area contributed by atoms with Gasteiger partial charge in [-0.1, -0.05) is 26.5 Å². The van der Waals surface area contributed by atoms with E-state index in [9.17, 15) is 8.78 Å². The molecule has 0 N–H and O–H groups in total. The largest absolute Gasteiger partial charge is 0.204 e. The Kier molecular flexibility index (Phi) is 4.91. The molecule has 0 aliphatic heterocycles. The van der Waals surface area contributed by atoms with E-state index < -0.39 is 11.7 Å². The molecule has 1 fully saturated rings. The van der Waals surface area contributed by atoms with Gasteiger partial charge in [-0.3, -0.25) is 0 Å². The summed E-state index contributed by atoms with van der Waals surface area (Å²) < 4.78 is 25.5. The highest BCUT2D eigenvalue weighted by Crippen LogP contribution is 2.35. The van der Waals surface area contributed by atoms with Crippen molar-refractivity contribution in [1.82, 2.24) is 0 Å². The minimum absolute atomic E-state index is 0.313. The Labute approximate surface area is 96.7 Å². The predicted molar refractivity (Wildman–Crippen MR) is 64.3 cm³/mol. The fourth-order valence-electron chi connectivity index (χ4n) is 2.30. The highest BCUT2D eigenvalue weighted by Gasteiger charge is 2.21. The molecule has 1 aliphatic rings. The lowest BCUT2D eigenvalue weighted by Crippen LogP contribution is -2.14. The minimum atomic E-state index is -1.01. The van der Waals surface area contributed by atoms with E-state index >= 15 is 0 Å². The minimum Gasteiger partial charge on any atom is -0.204 e. The molecule has 1 aliphatic carbocycles. The van der Waals surface area contributed by atoms with Crippen LogP contribution in [-0.4, -0.2) is 0 Å². The molecule has 1 saturated carbocycles. The maximum absolute atomic E-state index is 13.0. The molecule has 90 valence electrons. The molecule has 0 radical (unpaired) electrons. The van der Waals surface area contributed by atoms with E-state index in [-0.39, 0.29) is 0 Å². The van der Waals surface area contributed by atoms with Gasteiger partial charge in [-0.25, -0.2) is 8.78 Å². The van der Waals surface area contributed by atoms with Gasteiger partial charge in [0.25, 0.3) is 0 Å². The van der Waals surface area contributed by atoms with Crippen molar-refractivity contribution in [2.75, 3.05) is 0 Å². The molecule has 0 amide bonds. The third-order valence-corrected chi connectivity index (χ3v) is 3.52. The van der Waals surface area contributed by atoms with Crippen LogP contribution in [0.3, 0.4) is 0 Å². The Morgan fingerprint density at radius 2 is 1.75 bits per heavy atom. The summed E-state index contributed by atoms with van der Waals surface area (Å²) in [6.45, 7) is 8.96. The van der Waals surface area contributed by atoms with E-state index in [1.807, 2.05) is 0 Å². The first kappa shape index (κ1) is 13.1. The van der Waals surface area contributed by atoms with Crippen LogP contribution in [0, 0.1) is 11.8 Å². The zero-order valence-corrected chi connectivity index (χ0v) is 9.94. The van der Waals surface area contributed by atoms with Crippen LogP contribution < -0.4 is 0 Å².